The topological polar surface area (TPSA) is 45.7 Å². The average Bonchev–Trinajstić information content (AvgIpc) is 3.07. The van der Waals surface area contributed by atoms with Crippen molar-refractivity contribution >= 4 is 22.4 Å². The number of carbonyl (C=O) groups excluding carboxylic acids is 1. The van der Waals surface area contributed by atoms with Gasteiger partial charge in [0.05, 0.1) is 7.11 Å². The molecule has 19 heavy (non-hydrogen) atoms. The van der Waals surface area contributed by atoms with Crippen LogP contribution in [-0.2, 0) is 4.74 Å². The number of carbonyl (C=O) groups is 1. The lowest BCUT2D eigenvalue weighted by molar-refractivity contribution is 0.0595. The summed E-state index contributed by atoms with van der Waals surface area (Å²) < 4.78 is 4.68. The molecule has 0 aromatic carbocycles. The Morgan fingerprint density at radius 2 is 2.32 bits per heavy atom. The molecule has 0 amide bonds. The summed E-state index contributed by atoms with van der Waals surface area (Å²) in [6.07, 6.45) is 1.16. The molecule has 0 radical (unpaired) electrons. The zero-order valence-electron chi connectivity index (χ0n) is 11.8. The van der Waals surface area contributed by atoms with Gasteiger partial charge in [0.2, 0.25) is 0 Å². The van der Waals surface area contributed by atoms with Gasteiger partial charge in [0.15, 0.2) is 10.8 Å². The molecule has 5 nitrogen and oxygen atoms in total. The minimum absolute atomic E-state index is 0.359. The largest absolute Gasteiger partial charge is 0.464 e. The van der Waals surface area contributed by atoms with Crippen LogP contribution < -0.4 is 4.90 Å². The standard InChI is InChI=1S/C13H21N3O2S/c1-4-15(5-2)10-6-7-16(8-10)13-14-11(9-19-13)12(17)18-3/h9-10H,4-8H2,1-3H3. The van der Waals surface area contributed by atoms with Gasteiger partial charge in [0.25, 0.3) is 0 Å². The number of rotatable bonds is 5. The average molecular weight is 283 g/mol. The quantitative estimate of drug-likeness (QED) is 0.772. The number of likely N-dealkylation sites (N-methyl/N-ethyl adjacent to an activating group) is 1. The third-order valence-corrected chi connectivity index (χ3v) is 4.55. The fourth-order valence-electron chi connectivity index (χ4n) is 2.56. The lowest BCUT2D eigenvalue weighted by Gasteiger charge is -2.25. The van der Waals surface area contributed by atoms with Gasteiger partial charge in [-0.05, 0) is 19.5 Å². The van der Waals surface area contributed by atoms with E-state index < -0.39 is 0 Å². The van der Waals surface area contributed by atoms with Crippen LogP contribution in [0.2, 0.25) is 0 Å². The van der Waals surface area contributed by atoms with Crippen LogP contribution in [0.3, 0.4) is 0 Å². The first-order valence-corrected chi connectivity index (χ1v) is 7.60. The Bertz CT molecular complexity index is 431. The minimum atomic E-state index is -0.359. The van der Waals surface area contributed by atoms with Gasteiger partial charge in [-0.25, -0.2) is 9.78 Å². The molecule has 6 heteroatoms. The second-order valence-corrected chi connectivity index (χ2v) is 5.45. The zero-order valence-corrected chi connectivity index (χ0v) is 12.6. The van der Waals surface area contributed by atoms with E-state index in [1.165, 1.54) is 18.4 Å². The van der Waals surface area contributed by atoms with Crippen LogP contribution >= 0.6 is 11.3 Å². The van der Waals surface area contributed by atoms with Gasteiger partial charge in [-0.15, -0.1) is 11.3 Å². The van der Waals surface area contributed by atoms with E-state index in [1.807, 2.05) is 0 Å². The second-order valence-electron chi connectivity index (χ2n) is 4.62. The van der Waals surface area contributed by atoms with Crippen molar-refractivity contribution in [2.45, 2.75) is 26.3 Å². The third kappa shape index (κ3) is 3.06. The number of nitrogens with zero attached hydrogens (tertiary/aromatic N) is 3. The fraction of sp³-hybridized carbons (Fsp3) is 0.692. The molecule has 1 aliphatic heterocycles. The minimum Gasteiger partial charge on any atom is -0.464 e. The number of thiazole rings is 1. The van der Waals surface area contributed by atoms with Crippen LogP contribution in [0.1, 0.15) is 30.8 Å². The number of esters is 1. The summed E-state index contributed by atoms with van der Waals surface area (Å²) in [5.74, 6) is -0.359. The van der Waals surface area contributed by atoms with Crippen LogP contribution in [0.25, 0.3) is 0 Å². The number of ether oxygens (including phenoxy) is 1. The molecule has 106 valence electrons. The fourth-order valence-corrected chi connectivity index (χ4v) is 3.39. The molecule has 0 saturated carbocycles. The third-order valence-electron chi connectivity index (χ3n) is 3.65. The lowest BCUT2D eigenvalue weighted by Crippen LogP contribution is -2.37. The summed E-state index contributed by atoms with van der Waals surface area (Å²) in [6, 6.07) is 0.598. The van der Waals surface area contributed by atoms with Gasteiger partial charge in [-0.1, -0.05) is 13.8 Å². The van der Waals surface area contributed by atoms with Gasteiger partial charge in [0, 0.05) is 24.5 Å². The van der Waals surface area contributed by atoms with Gasteiger partial charge in [0.1, 0.15) is 0 Å². The van der Waals surface area contributed by atoms with Crippen LogP contribution in [-0.4, -0.2) is 55.2 Å². The highest BCUT2D eigenvalue weighted by Gasteiger charge is 2.28. The first kappa shape index (κ1) is 14.3. The van der Waals surface area contributed by atoms with Crippen molar-refractivity contribution < 1.29 is 9.53 Å². The monoisotopic (exact) mass is 283 g/mol. The Labute approximate surface area is 118 Å². The predicted octanol–water partition coefficient (Wildman–Crippen LogP) is 1.85. The molecule has 0 bridgehead atoms. The molecule has 2 rings (SSSR count). The van der Waals surface area contributed by atoms with Crippen LogP contribution in [0.5, 0.6) is 0 Å². The molecule has 1 atom stereocenters. The zero-order chi connectivity index (χ0) is 13.8. The summed E-state index contributed by atoms with van der Waals surface area (Å²) in [4.78, 5) is 20.5. The molecule has 0 aliphatic carbocycles. The first-order chi connectivity index (χ1) is 9.19. The lowest BCUT2D eigenvalue weighted by atomic mass is 10.2. The van der Waals surface area contributed by atoms with Crippen molar-refractivity contribution in [3.8, 4) is 0 Å². The van der Waals surface area contributed by atoms with Crippen molar-refractivity contribution in [3.05, 3.63) is 11.1 Å². The van der Waals surface area contributed by atoms with Crippen molar-refractivity contribution in [2.24, 2.45) is 0 Å². The SMILES string of the molecule is CCN(CC)C1CCN(c2nc(C(=O)OC)cs2)C1. The maximum atomic E-state index is 11.4. The first-order valence-electron chi connectivity index (χ1n) is 6.72. The van der Waals surface area contributed by atoms with Crippen molar-refractivity contribution in [1.82, 2.24) is 9.88 Å². The maximum absolute atomic E-state index is 11.4. The predicted molar refractivity (Wildman–Crippen MR) is 77.0 cm³/mol. The summed E-state index contributed by atoms with van der Waals surface area (Å²) in [5, 5.41) is 2.70. The molecular formula is C13H21N3O2S. The number of hydrogen-bond donors (Lipinski definition) is 0. The van der Waals surface area contributed by atoms with E-state index in [-0.39, 0.29) is 5.97 Å². The molecule has 1 aliphatic rings. The van der Waals surface area contributed by atoms with E-state index in [4.69, 9.17) is 0 Å². The van der Waals surface area contributed by atoms with Gasteiger partial charge >= 0.3 is 5.97 Å². The Morgan fingerprint density at radius 3 is 2.95 bits per heavy atom. The van der Waals surface area contributed by atoms with E-state index in [0.29, 0.717) is 11.7 Å². The second kappa shape index (κ2) is 6.34. The molecular weight excluding hydrogens is 262 g/mol. The van der Waals surface area contributed by atoms with Gasteiger partial charge in [-0.2, -0.15) is 0 Å². The van der Waals surface area contributed by atoms with Crippen LogP contribution in [0, 0.1) is 0 Å². The molecule has 1 aromatic rings. The number of anilines is 1. The Balaban J connectivity index is 2.00. The van der Waals surface area contributed by atoms with E-state index >= 15 is 0 Å². The Morgan fingerprint density at radius 1 is 1.58 bits per heavy atom. The van der Waals surface area contributed by atoms with Gasteiger partial charge in [-0.3, -0.25) is 4.90 Å². The molecule has 1 unspecified atom stereocenters. The van der Waals surface area contributed by atoms with Gasteiger partial charge < -0.3 is 9.64 Å². The van der Waals surface area contributed by atoms with Crippen molar-refractivity contribution in [1.29, 1.82) is 0 Å². The molecule has 0 N–H and O–H groups in total. The van der Waals surface area contributed by atoms with E-state index in [1.54, 1.807) is 5.38 Å². The van der Waals surface area contributed by atoms with E-state index in [0.717, 1.165) is 37.7 Å². The highest BCUT2D eigenvalue weighted by molar-refractivity contribution is 7.13. The number of hydrogen-bond acceptors (Lipinski definition) is 6. The number of aromatic nitrogens is 1. The molecule has 1 fully saturated rings. The van der Waals surface area contributed by atoms with E-state index in [9.17, 15) is 4.79 Å². The Hall–Kier alpha value is -1.14. The highest BCUT2D eigenvalue weighted by atomic mass is 32.1. The van der Waals surface area contributed by atoms with Crippen LogP contribution in [0.4, 0.5) is 5.13 Å². The highest BCUT2D eigenvalue weighted by Crippen LogP contribution is 2.26. The molecule has 1 aromatic heterocycles. The maximum Gasteiger partial charge on any atom is 0.357 e. The normalized spacial score (nSPS) is 19.2. The van der Waals surface area contributed by atoms with Crippen molar-refractivity contribution in [2.75, 3.05) is 38.2 Å². The summed E-state index contributed by atoms with van der Waals surface area (Å²) >= 11 is 1.51. The number of methoxy groups -OCH3 is 1. The summed E-state index contributed by atoms with van der Waals surface area (Å²) in [6.45, 7) is 8.57. The smallest absolute Gasteiger partial charge is 0.357 e. The van der Waals surface area contributed by atoms with E-state index in [2.05, 4.69) is 33.4 Å². The van der Waals surface area contributed by atoms with Crippen molar-refractivity contribution in [3.63, 3.8) is 0 Å². The molecule has 1 saturated heterocycles. The summed E-state index contributed by atoms with van der Waals surface area (Å²) in [7, 11) is 1.38. The Kier molecular flexibility index (Phi) is 4.76. The molecule has 0 spiro atoms. The summed E-state index contributed by atoms with van der Waals surface area (Å²) in [5.41, 5.74) is 0.411. The van der Waals surface area contributed by atoms with Crippen LogP contribution in [0.15, 0.2) is 5.38 Å². The molecule has 2 heterocycles.